The quantitative estimate of drug-likeness (QED) is 0.243. The molecule has 1 heterocycles. The van der Waals surface area contributed by atoms with Crippen LogP contribution in [0.4, 0.5) is 5.69 Å². The van der Waals surface area contributed by atoms with E-state index in [4.69, 9.17) is 34.0 Å². The highest BCUT2D eigenvalue weighted by Crippen LogP contribution is 2.23. The number of carboxylic acids is 1. The lowest BCUT2D eigenvalue weighted by Gasteiger charge is -2.26. The van der Waals surface area contributed by atoms with Crippen LogP contribution in [0.5, 0.6) is 0 Å². The summed E-state index contributed by atoms with van der Waals surface area (Å²) in [5, 5.41) is 12.4. The second-order valence-electron chi connectivity index (χ2n) is 9.21. The van der Waals surface area contributed by atoms with Gasteiger partial charge in [-0.05, 0) is 60.2 Å². The first kappa shape index (κ1) is 31.4. The van der Waals surface area contributed by atoms with Gasteiger partial charge in [0.25, 0.3) is 15.6 Å². The first-order valence-electron chi connectivity index (χ1n) is 12.4. The Morgan fingerprint density at radius 3 is 2.16 bits per heavy atom. The molecule has 0 aliphatic rings. The Morgan fingerprint density at radius 2 is 1.58 bits per heavy atom. The average molecular weight is 648 g/mol. The highest BCUT2D eigenvalue weighted by atomic mass is 35.5. The number of hydrogen-bond acceptors (Lipinski definition) is 8. The Morgan fingerprint density at radius 1 is 0.977 bits per heavy atom. The third-order valence-electron chi connectivity index (χ3n) is 6.20. The number of aliphatic carboxylic acids is 1. The van der Waals surface area contributed by atoms with Crippen molar-refractivity contribution >= 4 is 67.6 Å². The lowest BCUT2D eigenvalue weighted by atomic mass is 10.2. The number of fused-ring (bicyclic) bond motifs is 1. The van der Waals surface area contributed by atoms with Crippen LogP contribution < -0.4 is 27.3 Å². The number of aromatic nitrogens is 2. The number of anilines is 1. The van der Waals surface area contributed by atoms with Gasteiger partial charge in [0, 0.05) is 23.5 Å². The molecule has 13 nitrogen and oxygen atoms in total. The summed E-state index contributed by atoms with van der Waals surface area (Å²) < 4.78 is 27.9. The van der Waals surface area contributed by atoms with Gasteiger partial charge in [-0.15, -0.1) is 3.97 Å². The van der Waals surface area contributed by atoms with Gasteiger partial charge in [-0.3, -0.25) is 19.2 Å². The van der Waals surface area contributed by atoms with Crippen LogP contribution in [0.1, 0.15) is 18.9 Å². The van der Waals surface area contributed by atoms with Crippen molar-refractivity contribution in [2.75, 3.05) is 5.01 Å². The minimum absolute atomic E-state index is 0.00573. The van der Waals surface area contributed by atoms with E-state index in [1.54, 1.807) is 0 Å². The predicted molar refractivity (Wildman–Crippen MR) is 159 cm³/mol. The molecule has 0 saturated carbocycles. The molecule has 0 bridgehead atoms. The highest BCUT2D eigenvalue weighted by molar-refractivity contribution is 7.90. The Labute approximate surface area is 253 Å². The maximum Gasteiger partial charge on any atom is 0.365 e. The van der Waals surface area contributed by atoms with Gasteiger partial charge in [-0.25, -0.2) is 18.2 Å². The molecule has 3 aromatic carbocycles. The fourth-order valence-electron chi connectivity index (χ4n) is 4.12. The summed E-state index contributed by atoms with van der Waals surface area (Å²) in [6, 6.07) is 13.2. The number of nitrogens with one attached hydrogen (secondary N) is 1. The third kappa shape index (κ3) is 6.46. The van der Waals surface area contributed by atoms with E-state index < -0.39 is 51.5 Å². The number of nitrogens with two attached hydrogens (primary N) is 1. The van der Waals surface area contributed by atoms with Gasteiger partial charge in [-0.2, -0.15) is 4.68 Å². The SMILES string of the molecule is CC(=O)N(c1ccc(CNC(=O)C[C@H](N)C(=O)O)cc1)n1c(=O)n(S(=O)(=O)c2ccc(Cl)cc2)c(=O)c2ccc(Cl)cc21. The first-order valence-corrected chi connectivity index (χ1v) is 14.6. The molecule has 0 aliphatic carbocycles. The standard InChI is InChI=1S/C27H23Cl2N5O8S/c1-15(35)32(19-7-2-16(3-8-19)14-31-24(36)13-22(30)26(38)39)33-23-12-18(29)6-11-21(23)25(37)34(27(33)40)43(41,42)20-9-4-17(28)5-10-20/h2-12,22H,13-14,30H2,1H3,(H,31,36)(H,38,39)/t22-/m0/s1. The molecule has 0 spiro atoms. The van der Waals surface area contributed by atoms with E-state index in [1.165, 1.54) is 54.6 Å². The van der Waals surface area contributed by atoms with Crippen LogP contribution in [0, 0.1) is 0 Å². The molecule has 1 aromatic heterocycles. The van der Waals surface area contributed by atoms with Crippen LogP contribution in [0.2, 0.25) is 10.0 Å². The van der Waals surface area contributed by atoms with Crippen molar-refractivity contribution in [3.05, 3.63) is 103 Å². The zero-order chi connectivity index (χ0) is 31.6. The third-order valence-corrected chi connectivity index (χ3v) is 8.36. The van der Waals surface area contributed by atoms with Crippen molar-refractivity contribution < 1.29 is 27.9 Å². The van der Waals surface area contributed by atoms with Gasteiger partial charge in [0.2, 0.25) is 11.8 Å². The topological polar surface area (TPSA) is 191 Å². The molecule has 4 aromatic rings. The van der Waals surface area contributed by atoms with Gasteiger partial charge in [-0.1, -0.05) is 35.3 Å². The number of benzene rings is 3. The summed E-state index contributed by atoms with van der Waals surface area (Å²) in [6.45, 7) is 1.13. The Hall–Kier alpha value is -4.50. The summed E-state index contributed by atoms with van der Waals surface area (Å²) in [7, 11) is -4.76. The van der Waals surface area contributed by atoms with Crippen molar-refractivity contribution in [1.82, 2.24) is 14.0 Å². The average Bonchev–Trinajstić information content (AvgIpc) is 2.94. The van der Waals surface area contributed by atoms with Crippen LogP contribution in [-0.4, -0.2) is 46.0 Å². The number of hydrogen-bond donors (Lipinski definition) is 3. The molecule has 0 unspecified atom stereocenters. The van der Waals surface area contributed by atoms with Crippen LogP contribution in [0.15, 0.2) is 81.2 Å². The fraction of sp³-hybridized carbons (Fsp3) is 0.148. The zero-order valence-corrected chi connectivity index (χ0v) is 24.6. The van der Waals surface area contributed by atoms with Crippen molar-refractivity contribution in [3.63, 3.8) is 0 Å². The Kier molecular flexibility index (Phi) is 9.06. The van der Waals surface area contributed by atoms with Crippen molar-refractivity contribution in [2.24, 2.45) is 5.73 Å². The second kappa shape index (κ2) is 12.4. The molecule has 16 heteroatoms. The van der Waals surface area contributed by atoms with E-state index in [1.807, 2.05) is 0 Å². The molecular weight excluding hydrogens is 625 g/mol. The lowest BCUT2D eigenvalue weighted by Crippen LogP contribution is -2.51. The van der Waals surface area contributed by atoms with Crippen LogP contribution in [0.25, 0.3) is 10.9 Å². The minimum atomic E-state index is -4.76. The number of rotatable bonds is 9. The van der Waals surface area contributed by atoms with Crippen LogP contribution >= 0.6 is 23.2 Å². The molecule has 43 heavy (non-hydrogen) atoms. The summed E-state index contributed by atoms with van der Waals surface area (Å²) >= 11 is 12.0. The lowest BCUT2D eigenvalue weighted by molar-refractivity contribution is -0.140. The van der Waals surface area contributed by atoms with Crippen molar-refractivity contribution in [3.8, 4) is 0 Å². The Balaban J connectivity index is 1.83. The van der Waals surface area contributed by atoms with Gasteiger partial charge in [0.15, 0.2) is 0 Å². The normalized spacial score (nSPS) is 12.1. The molecule has 0 radical (unpaired) electrons. The fourth-order valence-corrected chi connectivity index (χ4v) is 5.70. The van der Waals surface area contributed by atoms with E-state index in [9.17, 15) is 32.4 Å². The van der Waals surface area contributed by atoms with Crippen molar-refractivity contribution in [1.29, 1.82) is 0 Å². The number of nitrogens with zero attached hydrogens (tertiary/aromatic N) is 3. The minimum Gasteiger partial charge on any atom is -0.480 e. The van der Waals surface area contributed by atoms with E-state index in [-0.39, 0.29) is 42.0 Å². The monoisotopic (exact) mass is 647 g/mol. The smallest absolute Gasteiger partial charge is 0.365 e. The molecule has 0 saturated heterocycles. The van der Waals surface area contributed by atoms with E-state index in [2.05, 4.69) is 5.32 Å². The molecular formula is C27H23Cl2N5O8S. The summed E-state index contributed by atoms with van der Waals surface area (Å²) in [5.74, 6) is -2.63. The largest absolute Gasteiger partial charge is 0.480 e. The van der Waals surface area contributed by atoms with Gasteiger partial charge >= 0.3 is 11.7 Å². The molecule has 224 valence electrons. The van der Waals surface area contributed by atoms with Crippen LogP contribution in [0.3, 0.4) is 0 Å². The maximum atomic E-state index is 13.9. The van der Waals surface area contributed by atoms with E-state index >= 15 is 0 Å². The molecule has 0 aliphatic heterocycles. The van der Waals surface area contributed by atoms with Gasteiger partial charge < -0.3 is 16.2 Å². The summed E-state index contributed by atoms with van der Waals surface area (Å²) in [5.41, 5.74) is 3.37. The van der Waals surface area contributed by atoms with Crippen molar-refractivity contribution in [2.45, 2.75) is 30.8 Å². The zero-order valence-electron chi connectivity index (χ0n) is 22.2. The molecule has 4 rings (SSSR count). The summed E-state index contributed by atoms with van der Waals surface area (Å²) in [4.78, 5) is 62.8. The highest BCUT2D eigenvalue weighted by Gasteiger charge is 2.29. The molecule has 0 fully saturated rings. The van der Waals surface area contributed by atoms with Gasteiger partial charge in [0.1, 0.15) is 6.04 Å². The molecule has 1 atom stereocenters. The predicted octanol–water partition coefficient (Wildman–Crippen LogP) is 1.94. The number of amides is 2. The van der Waals surface area contributed by atoms with E-state index in [0.29, 0.717) is 5.56 Å². The maximum absolute atomic E-state index is 13.9. The van der Waals surface area contributed by atoms with Crippen LogP contribution in [-0.2, 0) is 31.0 Å². The first-order chi connectivity index (χ1) is 20.2. The number of carbonyl (C=O) groups excluding carboxylic acids is 2. The molecule has 4 N–H and O–H groups in total. The van der Waals surface area contributed by atoms with Gasteiger partial charge in [0.05, 0.1) is 27.9 Å². The number of carboxylic acid groups (broad SMARTS) is 1. The number of halogens is 2. The summed E-state index contributed by atoms with van der Waals surface area (Å²) in [6.07, 6.45) is -0.432. The second-order valence-corrected chi connectivity index (χ2v) is 11.9. The molecule has 2 amide bonds. The Bertz CT molecular complexity index is 1970. The number of carbonyl (C=O) groups is 3. The van der Waals surface area contributed by atoms with E-state index in [0.717, 1.165) is 28.7 Å².